The van der Waals surface area contributed by atoms with Crippen LogP contribution in [0.5, 0.6) is 0 Å². The van der Waals surface area contributed by atoms with Crippen LogP contribution in [0.1, 0.15) is 18.4 Å². The second-order valence-corrected chi connectivity index (χ2v) is 4.36. The van der Waals surface area contributed by atoms with Gasteiger partial charge in [0.1, 0.15) is 11.2 Å². The van der Waals surface area contributed by atoms with Crippen LogP contribution in [0.25, 0.3) is 0 Å². The highest BCUT2D eigenvalue weighted by Gasteiger charge is 2.53. The van der Waals surface area contributed by atoms with E-state index < -0.39 is 12.0 Å². The number of halogens is 1. The summed E-state index contributed by atoms with van der Waals surface area (Å²) in [6, 6.07) is 3.00. The van der Waals surface area contributed by atoms with E-state index in [0.717, 1.165) is 18.4 Å². The van der Waals surface area contributed by atoms with Crippen molar-refractivity contribution in [1.29, 1.82) is 0 Å². The highest BCUT2D eigenvalue weighted by atomic mass is 35.5. The zero-order valence-electron chi connectivity index (χ0n) is 8.94. The van der Waals surface area contributed by atoms with Gasteiger partial charge in [-0.05, 0) is 24.5 Å². The molecular formula is C11H13ClN2O2. The van der Waals surface area contributed by atoms with E-state index in [1.54, 1.807) is 12.3 Å². The zero-order chi connectivity index (χ0) is 11.8. The van der Waals surface area contributed by atoms with E-state index in [1.807, 2.05) is 6.07 Å². The monoisotopic (exact) mass is 240 g/mol. The molecule has 0 spiro atoms. The van der Waals surface area contributed by atoms with Crippen molar-refractivity contribution < 1.29 is 9.53 Å². The normalized spacial score (nSPS) is 18.9. The van der Waals surface area contributed by atoms with Gasteiger partial charge in [0.2, 0.25) is 0 Å². The van der Waals surface area contributed by atoms with E-state index in [0.29, 0.717) is 5.15 Å². The maximum Gasteiger partial charge on any atom is 0.323 e. The van der Waals surface area contributed by atoms with Crippen molar-refractivity contribution in [3.05, 3.63) is 29.0 Å². The van der Waals surface area contributed by atoms with Crippen molar-refractivity contribution in [3.8, 4) is 0 Å². The molecule has 1 aliphatic rings. The van der Waals surface area contributed by atoms with E-state index in [2.05, 4.69) is 9.72 Å². The van der Waals surface area contributed by atoms with Crippen LogP contribution in [0.15, 0.2) is 18.3 Å². The van der Waals surface area contributed by atoms with Crippen LogP contribution in [0.4, 0.5) is 0 Å². The average Bonchev–Trinajstić information content (AvgIpc) is 3.09. The molecule has 4 nitrogen and oxygen atoms in total. The lowest BCUT2D eigenvalue weighted by Gasteiger charge is -2.21. The molecule has 0 saturated heterocycles. The molecule has 0 bridgehead atoms. The highest BCUT2D eigenvalue weighted by molar-refractivity contribution is 6.30. The van der Waals surface area contributed by atoms with Gasteiger partial charge in [-0.2, -0.15) is 0 Å². The Bertz CT molecular complexity index is 418. The van der Waals surface area contributed by atoms with Gasteiger partial charge in [-0.1, -0.05) is 17.7 Å². The molecule has 0 aromatic carbocycles. The van der Waals surface area contributed by atoms with Gasteiger partial charge in [0.25, 0.3) is 0 Å². The average molecular weight is 241 g/mol. The van der Waals surface area contributed by atoms with Crippen LogP contribution >= 0.6 is 11.6 Å². The van der Waals surface area contributed by atoms with Gasteiger partial charge in [-0.25, -0.2) is 4.98 Å². The SMILES string of the molecule is COC(=O)C(N)C1(c2cccnc2Cl)CC1. The summed E-state index contributed by atoms with van der Waals surface area (Å²) in [5, 5.41) is 0.416. The summed E-state index contributed by atoms with van der Waals surface area (Å²) < 4.78 is 4.67. The molecule has 0 aliphatic heterocycles. The molecular weight excluding hydrogens is 228 g/mol. The first kappa shape index (κ1) is 11.4. The van der Waals surface area contributed by atoms with Gasteiger partial charge in [0, 0.05) is 11.6 Å². The van der Waals surface area contributed by atoms with Crippen LogP contribution in [0.3, 0.4) is 0 Å². The smallest absolute Gasteiger partial charge is 0.323 e. The van der Waals surface area contributed by atoms with Crippen molar-refractivity contribution >= 4 is 17.6 Å². The second kappa shape index (κ2) is 4.03. The lowest BCUT2D eigenvalue weighted by molar-refractivity contribution is -0.143. The molecule has 1 atom stereocenters. The Balaban J connectivity index is 2.33. The largest absolute Gasteiger partial charge is 0.468 e. The molecule has 2 rings (SSSR count). The lowest BCUT2D eigenvalue weighted by atomic mass is 9.89. The number of esters is 1. The number of nitrogens with two attached hydrogens (primary N) is 1. The first-order chi connectivity index (χ1) is 7.62. The fourth-order valence-corrected chi connectivity index (χ4v) is 2.30. The quantitative estimate of drug-likeness (QED) is 0.638. The number of pyridine rings is 1. The fraction of sp³-hybridized carbons (Fsp3) is 0.455. The predicted octanol–water partition coefficient (Wildman–Crippen LogP) is 1.27. The molecule has 1 heterocycles. The Morgan fingerprint density at radius 1 is 1.69 bits per heavy atom. The molecule has 1 aromatic heterocycles. The Morgan fingerprint density at radius 3 is 2.88 bits per heavy atom. The Morgan fingerprint density at radius 2 is 2.38 bits per heavy atom. The van der Waals surface area contributed by atoms with Crippen molar-refractivity contribution in [1.82, 2.24) is 4.98 Å². The number of carbonyl (C=O) groups is 1. The predicted molar refractivity (Wildman–Crippen MR) is 60.2 cm³/mol. The maximum absolute atomic E-state index is 11.5. The Kier molecular flexibility index (Phi) is 2.86. The molecule has 1 unspecified atom stereocenters. The standard InChI is InChI=1S/C11H13ClN2O2/c1-16-10(15)8(13)11(4-5-11)7-3-2-6-14-9(7)12/h2-3,6,8H,4-5,13H2,1H3. The van der Waals surface area contributed by atoms with Gasteiger partial charge in [-0.3, -0.25) is 4.79 Å². The third-order valence-corrected chi connectivity index (χ3v) is 3.44. The molecule has 86 valence electrons. The number of aromatic nitrogens is 1. The molecule has 5 heteroatoms. The van der Waals surface area contributed by atoms with E-state index in [-0.39, 0.29) is 5.41 Å². The van der Waals surface area contributed by atoms with Crippen molar-refractivity contribution in [2.75, 3.05) is 7.11 Å². The van der Waals surface area contributed by atoms with Crippen LogP contribution < -0.4 is 5.73 Å². The summed E-state index contributed by atoms with van der Waals surface area (Å²) in [5.74, 6) is -0.405. The number of nitrogens with zero attached hydrogens (tertiary/aromatic N) is 1. The Labute approximate surface area is 98.8 Å². The van der Waals surface area contributed by atoms with E-state index in [4.69, 9.17) is 17.3 Å². The number of rotatable bonds is 3. The third kappa shape index (κ3) is 1.68. The van der Waals surface area contributed by atoms with E-state index in [9.17, 15) is 4.79 Å². The molecule has 2 N–H and O–H groups in total. The summed E-state index contributed by atoms with van der Waals surface area (Å²) in [7, 11) is 1.34. The van der Waals surface area contributed by atoms with Crippen molar-refractivity contribution in [2.24, 2.45) is 5.73 Å². The number of carbonyl (C=O) groups excluding carboxylic acids is 1. The minimum absolute atomic E-state index is 0.377. The summed E-state index contributed by atoms with van der Waals surface area (Å²) in [5.41, 5.74) is 6.37. The zero-order valence-corrected chi connectivity index (χ0v) is 9.70. The summed E-state index contributed by atoms with van der Waals surface area (Å²) in [6.07, 6.45) is 3.30. The summed E-state index contributed by atoms with van der Waals surface area (Å²) in [4.78, 5) is 15.5. The first-order valence-electron chi connectivity index (χ1n) is 5.06. The molecule has 1 aromatic rings. The van der Waals surface area contributed by atoms with Gasteiger partial charge in [-0.15, -0.1) is 0 Å². The minimum Gasteiger partial charge on any atom is -0.468 e. The van der Waals surface area contributed by atoms with Crippen LogP contribution in [-0.4, -0.2) is 24.1 Å². The van der Waals surface area contributed by atoms with Crippen molar-refractivity contribution in [2.45, 2.75) is 24.3 Å². The topological polar surface area (TPSA) is 65.2 Å². The van der Waals surface area contributed by atoms with E-state index >= 15 is 0 Å². The van der Waals surface area contributed by atoms with Gasteiger partial charge in [0.15, 0.2) is 0 Å². The fourth-order valence-electron chi connectivity index (χ4n) is 1.99. The minimum atomic E-state index is -0.667. The van der Waals surface area contributed by atoms with Gasteiger partial charge in [0.05, 0.1) is 7.11 Å². The second-order valence-electron chi connectivity index (χ2n) is 4.00. The first-order valence-corrected chi connectivity index (χ1v) is 5.44. The van der Waals surface area contributed by atoms with Gasteiger partial charge < -0.3 is 10.5 Å². The molecule has 0 amide bonds. The molecule has 1 saturated carbocycles. The highest BCUT2D eigenvalue weighted by Crippen LogP contribution is 2.52. The molecule has 16 heavy (non-hydrogen) atoms. The Hall–Kier alpha value is -1.13. The van der Waals surface area contributed by atoms with Crippen LogP contribution in [0.2, 0.25) is 5.15 Å². The van der Waals surface area contributed by atoms with E-state index in [1.165, 1.54) is 7.11 Å². The van der Waals surface area contributed by atoms with Gasteiger partial charge >= 0.3 is 5.97 Å². The number of hydrogen-bond acceptors (Lipinski definition) is 4. The maximum atomic E-state index is 11.5. The van der Waals surface area contributed by atoms with Crippen LogP contribution in [0, 0.1) is 0 Å². The summed E-state index contributed by atoms with van der Waals surface area (Å²) in [6.45, 7) is 0. The van der Waals surface area contributed by atoms with Crippen LogP contribution in [-0.2, 0) is 14.9 Å². The molecule has 1 fully saturated rings. The summed E-state index contributed by atoms with van der Waals surface area (Å²) >= 11 is 6.02. The van der Waals surface area contributed by atoms with Crippen molar-refractivity contribution in [3.63, 3.8) is 0 Å². The molecule has 0 radical (unpaired) electrons. The third-order valence-electron chi connectivity index (χ3n) is 3.13. The lowest BCUT2D eigenvalue weighted by Crippen LogP contribution is -2.43. The number of ether oxygens (including phenoxy) is 1. The number of hydrogen-bond donors (Lipinski definition) is 1. The molecule has 1 aliphatic carbocycles. The number of methoxy groups -OCH3 is 1.